The van der Waals surface area contributed by atoms with E-state index in [2.05, 4.69) is 0 Å². The number of aliphatic hydroxyl groups is 1. The number of hydrogen-bond donors (Lipinski definition) is 1. The third-order valence-corrected chi connectivity index (χ3v) is 2.21. The number of nitrogens with zero attached hydrogens (tertiary/aromatic N) is 1. The van der Waals surface area contributed by atoms with Crippen molar-refractivity contribution >= 4 is 5.91 Å². The summed E-state index contributed by atoms with van der Waals surface area (Å²) in [7, 11) is 0. The van der Waals surface area contributed by atoms with Crippen molar-refractivity contribution in [1.82, 2.24) is 5.06 Å². The summed E-state index contributed by atoms with van der Waals surface area (Å²) in [6, 6.07) is 0. The highest BCUT2D eigenvalue weighted by Crippen LogP contribution is 2.28. The molecule has 0 aromatic carbocycles. The summed E-state index contributed by atoms with van der Waals surface area (Å²) >= 11 is 0. The van der Waals surface area contributed by atoms with Crippen molar-refractivity contribution in [1.29, 1.82) is 0 Å². The first-order chi connectivity index (χ1) is 6.26. The molecule has 1 heterocycles. The Morgan fingerprint density at radius 2 is 2.14 bits per heavy atom. The number of rotatable bonds is 3. The van der Waals surface area contributed by atoms with E-state index in [0.717, 1.165) is 0 Å². The molecular weight excluding hydrogens is 182 g/mol. The van der Waals surface area contributed by atoms with Gasteiger partial charge in [-0.05, 0) is 13.8 Å². The van der Waals surface area contributed by atoms with Crippen LogP contribution in [0.5, 0.6) is 0 Å². The maximum absolute atomic E-state index is 11.5. The zero-order chi connectivity index (χ0) is 11.0. The summed E-state index contributed by atoms with van der Waals surface area (Å²) in [6.07, 6.45) is 0.411. The van der Waals surface area contributed by atoms with Crippen LogP contribution in [0, 0.1) is 5.41 Å². The van der Waals surface area contributed by atoms with Crippen LogP contribution in [-0.4, -0.2) is 34.8 Å². The van der Waals surface area contributed by atoms with Crippen LogP contribution in [-0.2, 0) is 9.63 Å². The molecule has 1 fully saturated rings. The molecule has 0 spiro atoms. The third-order valence-electron chi connectivity index (χ3n) is 2.21. The van der Waals surface area contributed by atoms with Gasteiger partial charge in [0.05, 0.1) is 18.6 Å². The maximum Gasteiger partial charge on any atom is 0.249 e. The minimum Gasteiger partial charge on any atom is -0.396 e. The van der Waals surface area contributed by atoms with E-state index >= 15 is 0 Å². The van der Waals surface area contributed by atoms with E-state index in [9.17, 15) is 4.79 Å². The Balaban J connectivity index is 2.60. The van der Waals surface area contributed by atoms with E-state index in [1.165, 1.54) is 5.06 Å². The lowest BCUT2D eigenvalue weighted by Gasteiger charge is -2.28. The van der Waals surface area contributed by atoms with Crippen molar-refractivity contribution in [2.24, 2.45) is 5.41 Å². The predicted molar refractivity (Wildman–Crippen MR) is 52.4 cm³/mol. The van der Waals surface area contributed by atoms with Crippen molar-refractivity contribution < 1.29 is 14.7 Å². The van der Waals surface area contributed by atoms with Crippen molar-refractivity contribution in [2.75, 3.05) is 13.2 Å². The van der Waals surface area contributed by atoms with Gasteiger partial charge in [-0.1, -0.05) is 13.8 Å². The first-order valence-electron chi connectivity index (χ1n) is 4.86. The van der Waals surface area contributed by atoms with Gasteiger partial charge < -0.3 is 5.11 Å². The first-order valence-corrected chi connectivity index (χ1v) is 4.86. The van der Waals surface area contributed by atoms with Gasteiger partial charge >= 0.3 is 0 Å². The minimum absolute atomic E-state index is 0.00322. The van der Waals surface area contributed by atoms with Crippen LogP contribution in [0.25, 0.3) is 0 Å². The van der Waals surface area contributed by atoms with Crippen LogP contribution in [0.15, 0.2) is 0 Å². The van der Waals surface area contributed by atoms with Gasteiger partial charge in [-0.25, -0.2) is 5.06 Å². The normalized spacial score (nSPS) is 21.8. The van der Waals surface area contributed by atoms with Crippen LogP contribution < -0.4 is 0 Å². The molecule has 0 aromatic heterocycles. The van der Waals surface area contributed by atoms with Crippen LogP contribution in [0.4, 0.5) is 0 Å². The third kappa shape index (κ3) is 2.69. The molecule has 4 nitrogen and oxygen atoms in total. The lowest BCUT2D eigenvalue weighted by atomic mass is 9.95. The van der Waals surface area contributed by atoms with Gasteiger partial charge in [0.15, 0.2) is 0 Å². The van der Waals surface area contributed by atoms with E-state index in [4.69, 9.17) is 9.94 Å². The van der Waals surface area contributed by atoms with Gasteiger partial charge in [-0.15, -0.1) is 0 Å². The van der Waals surface area contributed by atoms with Gasteiger partial charge in [0.1, 0.15) is 0 Å². The quantitative estimate of drug-likeness (QED) is 0.739. The summed E-state index contributed by atoms with van der Waals surface area (Å²) in [4.78, 5) is 17.0. The second-order valence-corrected chi connectivity index (χ2v) is 5.28. The minimum atomic E-state index is -0.400. The monoisotopic (exact) mass is 201 g/mol. The van der Waals surface area contributed by atoms with Crippen molar-refractivity contribution in [3.8, 4) is 0 Å². The second-order valence-electron chi connectivity index (χ2n) is 5.28. The van der Waals surface area contributed by atoms with Crippen LogP contribution in [0.3, 0.4) is 0 Å². The molecule has 82 valence electrons. The largest absolute Gasteiger partial charge is 0.396 e. The van der Waals surface area contributed by atoms with Crippen LogP contribution in [0.1, 0.15) is 34.1 Å². The zero-order valence-electron chi connectivity index (χ0n) is 9.33. The highest BCUT2D eigenvalue weighted by atomic mass is 16.7. The smallest absolute Gasteiger partial charge is 0.249 e. The Labute approximate surface area is 84.8 Å². The number of amides is 1. The van der Waals surface area contributed by atoms with Gasteiger partial charge in [0.25, 0.3) is 0 Å². The Morgan fingerprint density at radius 1 is 1.57 bits per heavy atom. The molecule has 0 atom stereocenters. The molecule has 0 radical (unpaired) electrons. The summed E-state index contributed by atoms with van der Waals surface area (Å²) < 4.78 is 0. The van der Waals surface area contributed by atoms with E-state index in [1.54, 1.807) is 0 Å². The SMILES string of the molecule is CC(C)(CO)CN1OC(C)(C)CC1=O. The Hall–Kier alpha value is -0.610. The molecule has 0 saturated carbocycles. The van der Waals surface area contributed by atoms with E-state index < -0.39 is 5.60 Å². The molecule has 0 aromatic rings. The highest BCUT2D eigenvalue weighted by molar-refractivity contribution is 5.77. The molecule has 1 amide bonds. The molecule has 14 heavy (non-hydrogen) atoms. The number of aliphatic hydroxyl groups excluding tert-OH is 1. The molecule has 0 bridgehead atoms. The maximum atomic E-state index is 11.5. The van der Waals surface area contributed by atoms with Crippen molar-refractivity contribution in [3.63, 3.8) is 0 Å². The number of carbonyl (C=O) groups excluding carboxylic acids is 1. The van der Waals surface area contributed by atoms with E-state index in [-0.39, 0.29) is 17.9 Å². The van der Waals surface area contributed by atoms with Gasteiger partial charge in [0, 0.05) is 12.0 Å². The van der Waals surface area contributed by atoms with Gasteiger partial charge in [-0.3, -0.25) is 9.63 Å². The predicted octanol–water partition coefficient (Wildman–Crippen LogP) is 0.947. The van der Waals surface area contributed by atoms with Crippen molar-refractivity contribution in [3.05, 3.63) is 0 Å². The molecule has 0 aliphatic carbocycles. The second kappa shape index (κ2) is 3.51. The topological polar surface area (TPSA) is 49.8 Å². The molecule has 1 rings (SSSR count). The average Bonchev–Trinajstić information content (AvgIpc) is 2.24. The molecule has 4 heteroatoms. The fourth-order valence-electron chi connectivity index (χ4n) is 1.39. The fraction of sp³-hybridized carbons (Fsp3) is 0.900. The number of hydroxylamine groups is 2. The van der Waals surface area contributed by atoms with E-state index in [0.29, 0.717) is 13.0 Å². The highest BCUT2D eigenvalue weighted by Gasteiger charge is 2.39. The molecular formula is C10H19NO3. The molecule has 0 unspecified atom stereocenters. The molecule has 1 aliphatic heterocycles. The Morgan fingerprint density at radius 3 is 2.50 bits per heavy atom. The number of hydrogen-bond acceptors (Lipinski definition) is 3. The molecule has 1 saturated heterocycles. The summed E-state index contributed by atoms with van der Waals surface area (Å²) in [5, 5.41) is 10.4. The standard InChI is InChI=1S/C10H19NO3/c1-9(2,7-12)6-11-8(13)5-10(3,4)14-11/h12H,5-7H2,1-4H3. The summed E-state index contributed by atoms with van der Waals surface area (Å²) in [5.41, 5.74) is -0.710. The van der Waals surface area contributed by atoms with Crippen molar-refractivity contribution in [2.45, 2.75) is 39.7 Å². The van der Waals surface area contributed by atoms with Gasteiger partial charge in [0.2, 0.25) is 5.91 Å². The van der Waals surface area contributed by atoms with Crippen LogP contribution in [0.2, 0.25) is 0 Å². The van der Waals surface area contributed by atoms with Gasteiger partial charge in [-0.2, -0.15) is 0 Å². The summed E-state index contributed by atoms with van der Waals surface area (Å²) in [5.74, 6) is -0.00322. The lowest BCUT2D eigenvalue weighted by molar-refractivity contribution is -0.201. The zero-order valence-corrected chi connectivity index (χ0v) is 9.33. The van der Waals surface area contributed by atoms with Crippen LogP contribution >= 0.6 is 0 Å². The van der Waals surface area contributed by atoms with E-state index in [1.807, 2.05) is 27.7 Å². The summed E-state index contributed by atoms with van der Waals surface area (Å²) in [6.45, 7) is 8.05. The first kappa shape index (κ1) is 11.5. The Kier molecular flexibility index (Phi) is 2.88. The number of carbonyl (C=O) groups is 1. The molecule has 1 N–H and O–H groups in total. The average molecular weight is 201 g/mol. The lowest BCUT2D eigenvalue weighted by Crippen LogP contribution is -2.37. The molecule has 1 aliphatic rings. The fourth-order valence-corrected chi connectivity index (χ4v) is 1.39. The Bertz CT molecular complexity index is 236.